The van der Waals surface area contributed by atoms with Crippen molar-refractivity contribution in [2.75, 3.05) is 0 Å². The van der Waals surface area contributed by atoms with Crippen LogP contribution in [0.3, 0.4) is 0 Å². The summed E-state index contributed by atoms with van der Waals surface area (Å²) < 4.78 is 1.84. The molecule has 0 aliphatic heterocycles. The van der Waals surface area contributed by atoms with Gasteiger partial charge in [-0.3, -0.25) is 14.3 Å². The van der Waals surface area contributed by atoms with Gasteiger partial charge in [-0.25, -0.2) is 4.98 Å². The van der Waals surface area contributed by atoms with E-state index in [4.69, 9.17) is 4.98 Å². The lowest BCUT2D eigenvalue weighted by Crippen LogP contribution is -2.25. The van der Waals surface area contributed by atoms with Gasteiger partial charge in [0.2, 0.25) is 0 Å². The molecular weight excluding hydrogens is 334 g/mol. The summed E-state index contributed by atoms with van der Waals surface area (Å²) in [6, 6.07) is 20.0. The van der Waals surface area contributed by atoms with Crippen LogP contribution >= 0.6 is 0 Å². The standard InChI is InChI=1S/C23H19N3O/c27-23-20-13-19(17-6-2-1-3-7-17)10-11-21(20)25-22(18-8-9-18)26(23)15-16-5-4-12-24-14-16/h1-7,10-14,18H,8-9,15H2. The van der Waals surface area contributed by atoms with Crippen LogP contribution in [-0.4, -0.2) is 14.5 Å². The monoisotopic (exact) mass is 353 g/mol. The first-order chi connectivity index (χ1) is 13.3. The highest BCUT2D eigenvalue weighted by molar-refractivity contribution is 5.84. The number of aromatic nitrogens is 3. The van der Waals surface area contributed by atoms with Gasteiger partial charge in [-0.1, -0.05) is 42.5 Å². The third kappa shape index (κ3) is 3.04. The minimum Gasteiger partial charge on any atom is -0.291 e. The fourth-order valence-corrected chi connectivity index (χ4v) is 3.53. The van der Waals surface area contributed by atoms with Crippen molar-refractivity contribution in [3.05, 3.63) is 94.8 Å². The van der Waals surface area contributed by atoms with E-state index in [2.05, 4.69) is 17.1 Å². The molecule has 4 nitrogen and oxygen atoms in total. The van der Waals surface area contributed by atoms with Gasteiger partial charge >= 0.3 is 0 Å². The molecular formula is C23H19N3O. The SMILES string of the molecule is O=c1c2cc(-c3ccccc3)ccc2nc(C2CC2)n1Cc1cccnc1. The van der Waals surface area contributed by atoms with Gasteiger partial charge in [0.25, 0.3) is 5.56 Å². The molecule has 0 spiro atoms. The first-order valence-corrected chi connectivity index (χ1v) is 9.28. The molecule has 4 heteroatoms. The summed E-state index contributed by atoms with van der Waals surface area (Å²) in [7, 11) is 0. The molecule has 2 aromatic carbocycles. The van der Waals surface area contributed by atoms with E-state index in [0.29, 0.717) is 17.8 Å². The van der Waals surface area contributed by atoms with E-state index in [0.717, 1.165) is 40.9 Å². The van der Waals surface area contributed by atoms with E-state index in [-0.39, 0.29) is 5.56 Å². The highest BCUT2D eigenvalue weighted by Crippen LogP contribution is 2.39. The molecule has 0 amide bonds. The summed E-state index contributed by atoms with van der Waals surface area (Å²) in [6.45, 7) is 0.511. The molecule has 0 saturated heterocycles. The lowest BCUT2D eigenvalue weighted by Gasteiger charge is -2.14. The molecule has 132 valence electrons. The second-order valence-corrected chi connectivity index (χ2v) is 7.09. The van der Waals surface area contributed by atoms with Gasteiger partial charge in [-0.05, 0) is 47.7 Å². The summed E-state index contributed by atoms with van der Waals surface area (Å²) in [5.74, 6) is 1.30. The Bertz CT molecular complexity index is 1160. The molecule has 0 N–H and O–H groups in total. The zero-order valence-electron chi connectivity index (χ0n) is 14.9. The van der Waals surface area contributed by atoms with E-state index in [1.165, 1.54) is 0 Å². The van der Waals surface area contributed by atoms with Crippen molar-refractivity contribution in [3.63, 3.8) is 0 Å². The normalized spacial score (nSPS) is 13.8. The van der Waals surface area contributed by atoms with Gasteiger partial charge < -0.3 is 0 Å². The Balaban J connectivity index is 1.68. The highest BCUT2D eigenvalue weighted by Gasteiger charge is 2.29. The molecule has 2 heterocycles. The molecule has 5 rings (SSSR count). The average molecular weight is 353 g/mol. The van der Waals surface area contributed by atoms with Crippen molar-refractivity contribution in [3.8, 4) is 11.1 Å². The van der Waals surface area contributed by atoms with E-state index in [1.54, 1.807) is 6.20 Å². The Kier molecular flexibility index (Phi) is 3.82. The van der Waals surface area contributed by atoms with Crippen molar-refractivity contribution in [2.24, 2.45) is 0 Å². The van der Waals surface area contributed by atoms with Crippen LogP contribution in [0.1, 0.15) is 30.1 Å². The van der Waals surface area contributed by atoms with Gasteiger partial charge in [0.05, 0.1) is 17.4 Å². The summed E-state index contributed by atoms with van der Waals surface area (Å²) >= 11 is 0. The molecule has 4 aromatic rings. The van der Waals surface area contributed by atoms with Gasteiger partial charge in [0.1, 0.15) is 5.82 Å². The molecule has 2 aromatic heterocycles. The second-order valence-electron chi connectivity index (χ2n) is 7.09. The van der Waals surface area contributed by atoms with Crippen molar-refractivity contribution < 1.29 is 0 Å². The summed E-state index contributed by atoms with van der Waals surface area (Å²) in [5, 5.41) is 0.671. The largest absolute Gasteiger partial charge is 0.291 e. The molecule has 0 bridgehead atoms. The first kappa shape index (κ1) is 15.9. The minimum absolute atomic E-state index is 0.0311. The smallest absolute Gasteiger partial charge is 0.261 e. The topological polar surface area (TPSA) is 47.8 Å². The number of rotatable bonds is 4. The number of hydrogen-bond donors (Lipinski definition) is 0. The average Bonchev–Trinajstić information content (AvgIpc) is 3.56. The number of hydrogen-bond acceptors (Lipinski definition) is 3. The molecule has 1 saturated carbocycles. The van der Waals surface area contributed by atoms with Crippen LogP contribution in [0.4, 0.5) is 0 Å². The predicted molar refractivity (Wildman–Crippen MR) is 107 cm³/mol. The van der Waals surface area contributed by atoms with Crippen LogP contribution in [0, 0.1) is 0 Å². The Morgan fingerprint density at radius 1 is 0.963 bits per heavy atom. The molecule has 1 fully saturated rings. The number of nitrogens with zero attached hydrogens (tertiary/aromatic N) is 3. The molecule has 0 unspecified atom stereocenters. The predicted octanol–water partition coefficient (Wildman–Crippen LogP) is 4.38. The Morgan fingerprint density at radius 2 is 1.81 bits per heavy atom. The molecule has 0 atom stereocenters. The zero-order chi connectivity index (χ0) is 18.2. The number of fused-ring (bicyclic) bond motifs is 1. The third-order valence-corrected chi connectivity index (χ3v) is 5.10. The van der Waals surface area contributed by atoms with Gasteiger partial charge in [0.15, 0.2) is 0 Å². The van der Waals surface area contributed by atoms with Crippen LogP contribution in [0.15, 0.2) is 77.9 Å². The lowest BCUT2D eigenvalue weighted by atomic mass is 10.0. The minimum atomic E-state index is 0.0311. The van der Waals surface area contributed by atoms with Crippen molar-refractivity contribution >= 4 is 10.9 Å². The maximum atomic E-state index is 13.4. The number of pyridine rings is 1. The van der Waals surface area contributed by atoms with Crippen LogP contribution in [-0.2, 0) is 6.54 Å². The Hall–Kier alpha value is -3.27. The highest BCUT2D eigenvalue weighted by atomic mass is 16.1. The first-order valence-electron chi connectivity index (χ1n) is 9.28. The maximum absolute atomic E-state index is 13.4. The third-order valence-electron chi connectivity index (χ3n) is 5.10. The van der Waals surface area contributed by atoms with E-state index >= 15 is 0 Å². The molecule has 0 radical (unpaired) electrons. The van der Waals surface area contributed by atoms with Crippen molar-refractivity contribution in [1.29, 1.82) is 0 Å². The van der Waals surface area contributed by atoms with Crippen molar-refractivity contribution in [2.45, 2.75) is 25.3 Å². The van der Waals surface area contributed by atoms with E-state index < -0.39 is 0 Å². The van der Waals surface area contributed by atoms with E-state index in [9.17, 15) is 4.79 Å². The molecule has 1 aliphatic carbocycles. The second kappa shape index (κ2) is 6.47. The summed E-state index contributed by atoms with van der Waals surface area (Å²) in [4.78, 5) is 22.4. The molecule has 1 aliphatic rings. The summed E-state index contributed by atoms with van der Waals surface area (Å²) in [6.07, 6.45) is 5.77. The Morgan fingerprint density at radius 3 is 2.56 bits per heavy atom. The van der Waals surface area contributed by atoms with Crippen LogP contribution in [0.2, 0.25) is 0 Å². The van der Waals surface area contributed by atoms with Crippen LogP contribution < -0.4 is 5.56 Å². The van der Waals surface area contributed by atoms with Crippen molar-refractivity contribution in [1.82, 2.24) is 14.5 Å². The fourth-order valence-electron chi connectivity index (χ4n) is 3.53. The van der Waals surface area contributed by atoms with Gasteiger partial charge in [0, 0.05) is 18.3 Å². The maximum Gasteiger partial charge on any atom is 0.261 e. The quantitative estimate of drug-likeness (QED) is 0.547. The lowest BCUT2D eigenvalue weighted by molar-refractivity contribution is 0.679. The van der Waals surface area contributed by atoms with Gasteiger partial charge in [-0.15, -0.1) is 0 Å². The number of benzene rings is 2. The van der Waals surface area contributed by atoms with Gasteiger partial charge in [-0.2, -0.15) is 0 Å². The fraction of sp³-hybridized carbons (Fsp3) is 0.174. The Labute approximate surface area is 157 Å². The van der Waals surface area contributed by atoms with Crippen LogP contribution in [0.25, 0.3) is 22.0 Å². The van der Waals surface area contributed by atoms with E-state index in [1.807, 2.05) is 59.3 Å². The summed E-state index contributed by atoms with van der Waals surface area (Å²) in [5.41, 5.74) is 3.97. The van der Waals surface area contributed by atoms with Crippen LogP contribution in [0.5, 0.6) is 0 Å². The molecule has 27 heavy (non-hydrogen) atoms. The zero-order valence-corrected chi connectivity index (χ0v) is 14.9.